The molecule has 13 nitrogen and oxygen atoms in total. The molecule has 5 aromatic carbocycles. The lowest BCUT2D eigenvalue weighted by atomic mass is 9.94. The van der Waals surface area contributed by atoms with E-state index in [1.54, 1.807) is 55.5 Å². The Kier molecular flexibility index (Phi) is 14.0. The van der Waals surface area contributed by atoms with E-state index in [-0.39, 0.29) is 30.2 Å². The molecule has 1 amide bonds. The predicted octanol–water partition coefficient (Wildman–Crippen LogP) is 9.92. The normalized spacial score (nSPS) is 17.4. The first-order chi connectivity index (χ1) is 32.8. The maximum Gasteiger partial charge on any atom is 0.326 e. The summed E-state index contributed by atoms with van der Waals surface area (Å²) in [5.41, 5.74) is 6.25. The molecule has 1 fully saturated rings. The number of hydrogen-bond acceptors (Lipinski definition) is 11. The van der Waals surface area contributed by atoms with Crippen molar-refractivity contribution in [1.82, 2.24) is 14.6 Å². The van der Waals surface area contributed by atoms with Crippen molar-refractivity contribution in [3.8, 4) is 34.4 Å². The molecule has 6 aromatic rings. The molecule has 0 saturated heterocycles. The Bertz CT molecular complexity index is 2990. The Morgan fingerprint density at radius 2 is 1.62 bits per heavy atom. The molecule has 1 saturated carbocycles. The molecular formula is C51H47Cl2N5O8S2. The van der Waals surface area contributed by atoms with Gasteiger partial charge in [-0.25, -0.2) is 18.2 Å². The van der Waals surface area contributed by atoms with Crippen LogP contribution in [0.15, 0.2) is 107 Å². The van der Waals surface area contributed by atoms with E-state index >= 15 is 0 Å². The minimum atomic E-state index is -4.38. The van der Waals surface area contributed by atoms with Crippen molar-refractivity contribution in [3.63, 3.8) is 0 Å². The summed E-state index contributed by atoms with van der Waals surface area (Å²) in [6, 6.07) is 30.2. The average molecular weight is 993 g/mol. The number of halogens is 2. The van der Waals surface area contributed by atoms with E-state index in [2.05, 4.69) is 21.7 Å². The van der Waals surface area contributed by atoms with Crippen molar-refractivity contribution in [3.05, 3.63) is 152 Å². The number of nitriles is 1. The third-order valence-electron chi connectivity index (χ3n) is 12.6. The number of carboxylic acid groups (broad SMARTS) is 1. The summed E-state index contributed by atoms with van der Waals surface area (Å²) in [6.45, 7) is 2.62. The Labute approximate surface area is 408 Å². The van der Waals surface area contributed by atoms with Gasteiger partial charge >= 0.3 is 5.97 Å². The van der Waals surface area contributed by atoms with Crippen LogP contribution >= 0.6 is 34.5 Å². The minimum absolute atomic E-state index is 0.00630. The van der Waals surface area contributed by atoms with Gasteiger partial charge in [0.1, 0.15) is 31.0 Å². The number of aromatic nitrogens is 1. The fourth-order valence-electron chi connectivity index (χ4n) is 8.87. The molecule has 350 valence electrons. The van der Waals surface area contributed by atoms with Crippen LogP contribution in [-0.4, -0.2) is 59.9 Å². The van der Waals surface area contributed by atoms with E-state index in [9.17, 15) is 28.4 Å². The number of aryl methyl sites for hydroxylation is 1. The van der Waals surface area contributed by atoms with Crippen molar-refractivity contribution in [1.29, 1.82) is 5.26 Å². The quantitative estimate of drug-likeness (QED) is 0.0891. The zero-order chi connectivity index (χ0) is 47.5. The maximum absolute atomic E-state index is 14.9. The van der Waals surface area contributed by atoms with Gasteiger partial charge in [0.15, 0.2) is 26.9 Å². The van der Waals surface area contributed by atoms with Gasteiger partial charge in [0, 0.05) is 19.5 Å². The van der Waals surface area contributed by atoms with Crippen LogP contribution in [0.25, 0.3) is 11.1 Å². The Balaban J connectivity index is 0.948. The zero-order valence-corrected chi connectivity index (χ0v) is 40.1. The molecular weight excluding hydrogens is 946 g/mol. The second-order valence-electron chi connectivity index (χ2n) is 17.3. The number of aliphatic carboxylic acids is 1. The summed E-state index contributed by atoms with van der Waals surface area (Å²) in [5, 5.41) is 27.0. The van der Waals surface area contributed by atoms with E-state index in [1.165, 1.54) is 12.8 Å². The van der Waals surface area contributed by atoms with Gasteiger partial charge in [-0.1, -0.05) is 102 Å². The van der Waals surface area contributed by atoms with Crippen molar-refractivity contribution in [2.75, 3.05) is 18.5 Å². The maximum atomic E-state index is 14.9. The summed E-state index contributed by atoms with van der Waals surface area (Å²) >= 11 is 13.3. The fraction of sp³-hybridized carbons (Fsp3) is 0.294. The lowest BCUT2D eigenvalue weighted by Crippen LogP contribution is -2.55. The number of sulfonamides is 1. The number of ether oxygens (including phenoxy) is 3. The van der Waals surface area contributed by atoms with Crippen molar-refractivity contribution >= 4 is 61.6 Å². The number of hydrogen-bond donors (Lipinski definition) is 3. The number of carbonyl (C=O) groups excluding carboxylic acids is 1. The molecule has 3 heterocycles. The third kappa shape index (κ3) is 10.4. The summed E-state index contributed by atoms with van der Waals surface area (Å²) in [7, 11) is -4.38. The van der Waals surface area contributed by atoms with E-state index in [1.807, 2.05) is 54.6 Å². The molecule has 0 spiro atoms. The third-order valence-corrected chi connectivity index (χ3v) is 16.9. The van der Waals surface area contributed by atoms with Crippen molar-refractivity contribution < 1.29 is 37.3 Å². The number of anilines is 1. The second kappa shape index (κ2) is 20.2. The molecule has 9 rings (SSSR count). The number of thiazole rings is 1. The van der Waals surface area contributed by atoms with Crippen LogP contribution in [0.4, 0.5) is 5.13 Å². The fourth-order valence-corrected chi connectivity index (χ4v) is 12.3. The summed E-state index contributed by atoms with van der Waals surface area (Å²) in [6.07, 6.45) is 3.96. The molecule has 2 aliphatic heterocycles. The molecule has 3 atom stereocenters. The highest BCUT2D eigenvalue weighted by molar-refractivity contribution is 7.91. The molecule has 3 aliphatic rings. The molecule has 3 N–H and O–H groups in total. The largest absolute Gasteiger partial charge is 0.489 e. The monoisotopic (exact) mass is 991 g/mol. The first-order valence-electron chi connectivity index (χ1n) is 22.3. The summed E-state index contributed by atoms with van der Waals surface area (Å²) < 4.78 is 49.6. The number of carbonyl (C=O) groups is 2. The van der Waals surface area contributed by atoms with E-state index < -0.39 is 40.1 Å². The molecule has 17 heteroatoms. The summed E-state index contributed by atoms with van der Waals surface area (Å²) in [4.78, 5) is 31.8. The number of nitrogens with one attached hydrogen (secondary N) is 2. The van der Waals surface area contributed by atoms with E-state index in [4.69, 9.17) is 37.4 Å². The van der Waals surface area contributed by atoms with Crippen LogP contribution in [0.5, 0.6) is 17.2 Å². The number of benzene rings is 5. The van der Waals surface area contributed by atoms with Gasteiger partial charge in [0.05, 0.1) is 27.4 Å². The smallest absolute Gasteiger partial charge is 0.326 e. The lowest BCUT2D eigenvalue weighted by molar-refractivity contribution is -0.142. The van der Waals surface area contributed by atoms with Crippen molar-refractivity contribution in [2.45, 2.75) is 81.0 Å². The number of fused-ring (bicyclic) bond motifs is 2. The Morgan fingerprint density at radius 1 is 0.926 bits per heavy atom. The molecule has 0 bridgehead atoms. The van der Waals surface area contributed by atoms with E-state index in [0.717, 1.165) is 50.7 Å². The van der Waals surface area contributed by atoms with Gasteiger partial charge in [0.25, 0.3) is 10.0 Å². The number of nitrogens with zero attached hydrogens (tertiary/aromatic N) is 3. The number of amides is 1. The van der Waals surface area contributed by atoms with Gasteiger partial charge in [-0.05, 0) is 120 Å². The molecule has 1 aromatic heterocycles. The van der Waals surface area contributed by atoms with E-state index in [0.29, 0.717) is 79.4 Å². The van der Waals surface area contributed by atoms with Gasteiger partial charge in [0.2, 0.25) is 5.91 Å². The van der Waals surface area contributed by atoms with Gasteiger partial charge in [-0.3, -0.25) is 4.79 Å². The highest BCUT2D eigenvalue weighted by Crippen LogP contribution is 2.43. The molecule has 0 radical (unpaired) electrons. The molecule has 1 aliphatic carbocycles. The highest BCUT2D eigenvalue weighted by atomic mass is 35.5. The molecule has 68 heavy (non-hydrogen) atoms. The first-order valence-corrected chi connectivity index (χ1v) is 25.3. The van der Waals surface area contributed by atoms with Gasteiger partial charge in [-0.15, -0.1) is 0 Å². The topological polar surface area (TPSA) is 180 Å². The van der Waals surface area contributed by atoms with Crippen molar-refractivity contribution in [2.24, 2.45) is 5.92 Å². The minimum Gasteiger partial charge on any atom is -0.489 e. The van der Waals surface area contributed by atoms with Crippen LogP contribution in [-0.2, 0) is 45.6 Å². The SMILES string of the molecule is Cc1nc(NCC2CCCC2)sc1S(=O)(=O)N1Cc2cc3c(cc2C[C@H]1C(=O)N[C@@H](Cc1ccc(-c2ccc(C#N)cc2)cc1)C(=O)O)OC[C@H](c1ccc(OCc2ccc(Cl)c(Cl)c2)cc1)O3. The standard InChI is InChI=1S/C51H47Cl2N5O8S2/c1-30-50(67-51(56-30)55-26-33-4-2-3-5-33)68(62,63)58-27-39-24-46-45(65-29-47(66-46)37-15-17-40(18-16-37)64-28-34-10-19-41(52)42(53)20-34)23-38(39)22-44(58)48(59)57-43(49(60)61)21-31-6-11-35(12-7-31)36-13-8-32(25-54)9-14-36/h6-20,23-24,33,43-44,47H,2-5,21-22,26-29H2,1H3,(H,55,56)(H,57,59)(H,60,61)/t43-,44-,47+/m0/s1. The average Bonchev–Trinajstić information content (AvgIpc) is 4.02. The Morgan fingerprint density at radius 3 is 2.31 bits per heavy atom. The number of rotatable bonds is 15. The second-order valence-corrected chi connectivity index (χ2v) is 21.2. The van der Waals surface area contributed by atoms with Crippen LogP contribution in [0.1, 0.15) is 70.9 Å². The lowest BCUT2D eigenvalue weighted by Gasteiger charge is -2.36. The zero-order valence-electron chi connectivity index (χ0n) is 36.9. The van der Waals surface area contributed by atoms with Crippen LogP contribution in [0, 0.1) is 24.2 Å². The van der Waals surface area contributed by atoms with Crippen LogP contribution < -0.4 is 24.8 Å². The van der Waals surface area contributed by atoms with Gasteiger partial charge in [-0.2, -0.15) is 9.57 Å². The Hall–Kier alpha value is -6.15. The first kappa shape index (κ1) is 46.9. The number of carboxylic acids is 1. The van der Waals surface area contributed by atoms with Gasteiger partial charge < -0.3 is 30.0 Å². The summed E-state index contributed by atoms with van der Waals surface area (Å²) in [5.74, 6) is -0.0176. The van der Waals surface area contributed by atoms with Crippen LogP contribution in [0.3, 0.4) is 0 Å². The molecule has 0 unspecified atom stereocenters. The van der Waals surface area contributed by atoms with Crippen LogP contribution in [0.2, 0.25) is 10.0 Å². The highest BCUT2D eigenvalue weighted by Gasteiger charge is 2.43. The predicted molar refractivity (Wildman–Crippen MR) is 260 cm³/mol.